The van der Waals surface area contributed by atoms with Crippen molar-refractivity contribution in [2.75, 3.05) is 9.80 Å². The summed E-state index contributed by atoms with van der Waals surface area (Å²) in [7, 11) is 0. The minimum Gasteiger partial charge on any atom is -0.310 e. The zero-order valence-corrected chi connectivity index (χ0v) is 80.6. The van der Waals surface area contributed by atoms with Gasteiger partial charge in [-0.15, -0.1) is 0 Å². The van der Waals surface area contributed by atoms with Crippen LogP contribution in [0, 0.1) is 13.8 Å². The minimum absolute atomic E-state index is 0.0454. The SMILES string of the molecule is CC(C)(C)c1ccc(N(c2ccc(C(C)(C)C)cc2)c2ccc3c(c2)c2ccccc2c2c(-c4ccccc4)cc(-c4ccc(-c5ccc6c(c5)C(C)(C)c5ccccc5-6)cc4)c(-c4ccccc4)c32)cc1.Cc1ccc(N(c2ccc(C)cc2)c2ccc3c(c2)c2ccccc2c2c(-c4ccccc4)cc(-c4ccc(-c5ccc6c(c5)C(C)(C)c5ccccc5-6)cc4)c(-c4ccccc4)c32)cc1. The number of fused-ring (bicyclic) bond motifs is 18. The largest absolute Gasteiger partial charge is 0.310 e. The Morgan fingerprint density at radius 1 is 0.174 bits per heavy atom. The zero-order valence-electron chi connectivity index (χ0n) is 80.6. The molecule has 0 radical (unpaired) electrons. The molecule has 24 rings (SSSR count). The van der Waals surface area contributed by atoms with E-state index in [2.05, 4.69) is 542 Å². The molecule has 2 aliphatic rings. The number of nitrogens with zero attached hydrogens (tertiary/aromatic N) is 2. The minimum atomic E-state index is -0.0627. The van der Waals surface area contributed by atoms with E-state index < -0.39 is 0 Å². The Bertz CT molecular complexity index is 8390. The molecule has 0 N–H and O–H groups in total. The molecule has 0 saturated carbocycles. The molecule has 0 heterocycles. The number of rotatable bonds is 14. The maximum atomic E-state index is 2.47. The first-order valence-electron chi connectivity index (χ1n) is 48.8. The predicted molar refractivity (Wildman–Crippen MR) is 593 cm³/mol. The molecule has 0 aliphatic heterocycles. The summed E-state index contributed by atoms with van der Waals surface area (Å²) in [5.74, 6) is 0. The summed E-state index contributed by atoms with van der Waals surface area (Å²) in [6, 6.07) is 168. The summed E-state index contributed by atoms with van der Waals surface area (Å²) in [5, 5.41) is 14.9. The molecule has 0 fully saturated rings. The zero-order chi connectivity index (χ0) is 94.0. The Morgan fingerprint density at radius 2 is 0.442 bits per heavy atom. The summed E-state index contributed by atoms with van der Waals surface area (Å²) in [6.45, 7) is 27.4. The monoisotopic (exact) mass is 1770 g/mol. The quantitative estimate of drug-likeness (QED) is 0.100. The average molecular weight is 1770 g/mol. The van der Waals surface area contributed by atoms with Gasteiger partial charge in [0.15, 0.2) is 0 Å². The lowest BCUT2D eigenvalue weighted by atomic mass is 9.81. The summed E-state index contributed by atoms with van der Waals surface area (Å²) in [6.07, 6.45) is 0. The standard InChI is InChI=1S/C71H61N.C65H49N/c1-69(2,3)51-32-36-53(37-33-51)72(54-38-34-52(35-39-54)70(4,5)6)55-40-42-60-63(44-55)56-23-15-16-25-59(56)67-62(47-19-11-9-12-20-47)45-61(66(68(60)67)49-21-13-10-14-22-49)48-29-27-46(28-30-48)50-31-41-58-57-24-17-18-26-64(57)71(7,8)65(58)43-50;1-42-23-32-49(33-24-42)66(50-34-25-43(2)26-35-50)51-36-38-56-59(40-51)52-19-11-12-21-55(52)63-58(45-15-7-5-8-16-45)41-57(62(64(56)63)47-17-9-6-10-18-47)46-29-27-44(28-30-46)48-31-37-54-53-20-13-14-22-60(53)65(3,4)61(54)39-48/h9-45H,1-8H3;5-41H,1-4H3. The molecule has 2 aliphatic carbocycles. The van der Waals surface area contributed by atoms with E-state index in [4.69, 9.17) is 0 Å². The molecule has 22 aromatic rings. The lowest BCUT2D eigenvalue weighted by Gasteiger charge is -2.29. The lowest BCUT2D eigenvalue weighted by Crippen LogP contribution is -2.14. The molecule has 0 unspecified atom stereocenters. The van der Waals surface area contributed by atoms with Crippen LogP contribution in [-0.2, 0) is 21.7 Å². The van der Waals surface area contributed by atoms with Crippen molar-refractivity contribution >= 4 is 98.8 Å². The van der Waals surface area contributed by atoms with Gasteiger partial charge in [0.05, 0.1) is 0 Å². The maximum Gasteiger partial charge on any atom is 0.0468 e. The Hall–Kier alpha value is -16.0. The first kappa shape index (κ1) is 86.1. The van der Waals surface area contributed by atoms with E-state index in [1.807, 2.05) is 0 Å². The number of hydrogen-bond donors (Lipinski definition) is 0. The lowest BCUT2D eigenvalue weighted by molar-refractivity contribution is 0.590. The highest BCUT2D eigenvalue weighted by molar-refractivity contribution is 6.35. The topological polar surface area (TPSA) is 6.48 Å². The molecule has 0 spiro atoms. The van der Waals surface area contributed by atoms with Crippen LogP contribution in [0.5, 0.6) is 0 Å². The van der Waals surface area contributed by atoms with Gasteiger partial charge in [-0.2, -0.15) is 0 Å². The van der Waals surface area contributed by atoms with Crippen LogP contribution in [0.3, 0.4) is 0 Å². The third-order valence-corrected chi connectivity index (χ3v) is 29.8. The van der Waals surface area contributed by atoms with Crippen molar-refractivity contribution in [3.05, 3.63) is 493 Å². The first-order valence-corrected chi connectivity index (χ1v) is 48.8. The van der Waals surface area contributed by atoms with Gasteiger partial charge in [-0.3, -0.25) is 0 Å². The van der Waals surface area contributed by atoms with Crippen molar-refractivity contribution in [3.63, 3.8) is 0 Å². The van der Waals surface area contributed by atoms with Crippen molar-refractivity contribution in [3.8, 4) is 111 Å². The molecule has 0 amide bonds. The summed E-state index contributed by atoms with van der Waals surface area (Å²) < 4.78 is 0. The van der Waals surface area contributed by atoms with Crippen molar-refractivity contribution in [1.82, 2.24) is 0 Å². The van der Waals surface area contributed by atoms with Crippen molar-refractivity contribution < 1.29 is 0 Å². The number of anilines is 6. The molecule has 0 saturated heterocycles. The molecule has 2 nitrogen and oxygen atoms in total. The first-order chi connectivity index (χ1) is 67.0. The van der Waals surface area contributed by atoms with Crippen molar-refractivity contribution in [2.45, 2.75) is 105 Å². The van der Waals surface area contributed by atoms with Crippen LogP contribution in [0.15, 0.2) is 449 Å². The average Bonchev–Trinajstić information content (AvgIpc) is 1.42. The highest BCUT2D eigenvalue weighted by Gasteiger charge is 2.38. The molecule has 2 heteroatoms. The van der Waals surface area contributed by atoms with Gasteiger partial charge in [0.2, 0.25) is 0 Å². The highest BCUT2D eigenvalue weighted by Crippen LogP contribution is 2.57. The predicted octanol–water partition coefficient (Wildman–Crippen LogP) is 38.4. The van der Waals surface area contributed by atoms with Crippen molar-refractivity contribution in [2.24, 2.45) is 0 Å². The van der Waals surface area contributed by atoms with E-state index in [1.54, 1.807) is 0 Å². The fourth-order valence-corrected chi connectivity index (χ4v) is 22.5. The van der Waals surface area contributed by atoms with Crippen LogP contribution in [0.25, 0.3) is 176 Å². The van der Waals surface area contributed by atoms with E-state index in [-0.39, 0.29) is 21.7 Å². The fourth-order valence-electron chi connectivity index (χ4n) is 22.5. The van der Waals surface area contributed by atoms with Crippen LogP contribution in [0.2, 0.25) is 0 Å². The third kappa shape index (κ3) is 15.1. The van der Waals surface area contributed by atoms with Gasteiger partial charge in [0.25, 0.3) is 0 Å². The second-order valence-corrected chi connectivity index (χ2v) is 41.2. The maximum absolute atomic E-state index is 2.47. The van der Waals surface area contributed by atoms with E-state index in [9.17, 15) is 0 Å². The van der Waals surface area contributed by atoms with Crippen molar-refractivity contribution in [1.29, 1.82) is 0 Å². The molecular formula is C136H110N2. The smallest absolute Gasteiger partial charge is 0.0468 e. The van der Waals surface area contributed by atoms with Gasteiger partial charge in [0.1, 0.15) is 0 Å². The molecule has 138 heavy (non-hydrogen) atoms. The summed E-state index contributed by atoms with van der Waals surface area (Å²) in [5.41, 5.74) is 42.3. The van der Waals surface area contributed by atoms with E-state index in [1.165, 1.54) is 220 Å². The Morgan fingerprint density at radius 3 is 0.790 bits per heavy atom. The van der Waals surface area contributed by atoms with Gasteiger partial charge in [-0.05, 0) is 331 Å². The highest BCUT2D eigenvalue weighted by atomic mass is 15.1. The van der Waals surface area contributed by atoms with Gasteiger partial charge in [0, 0.05) is 45.0 Å². The molecule has 664 valence electrons. The Labute approximate surface area is 812 Å². The summed E-state index contributed by atoms with van der Waals surface area (Å²) >= 11 is 0. The summed E-state index contributed by atoms with van der Waals surface area (Å²) in [4.78, 5) is 4.83. The van der Waals surface area contributed by atoms with Gasteiger partial charge in [-0.1, -0.05) is 432 Å². The fraction of sp³-hybridized carbons (Fsp3) is 0.118. The molecule has 0 atom stereocenters. The molecular weight excluding hydrogens is 1660 g/mol. The molecule has 0 aromatic heterocycles. The van der Waals surface area contributed by atoms with E-state index >= 15 is 0 Å². The van der Waals surface area contributed by atoms with Crippen LogP contribution < -0.4 is 9.80 Å². The number of hydrogen-bond acceptors (Lipinski definition) is 2. The van der Waals surface area contributed by atoms with E-state index in [0.717, 1.165) is 34.1 Å². The Balaban J connectivity index is 0.000000155. The van der Waals surface area contributed by atoms with Gasteiger partial charge < -0.3 is 9.80 Å². The normalized spacial score (nSPS) is 12.9. The third-order valence-electron chi connectivity index (χ3n) is 29.8. The second-order valence-electron chi connectivity index (χ2n) is 41.2. The Kier molecular flexibility index (Phi) is 21.3. The van der Waals surface area contributed by atoms with Crippen LogP contribution >= 0.6 is 0 Å². The van der Waals surface area contributed by atoms with Crippen LogP contribution in [-0.4, -0.2) is 0 Å². The van der Waals surface area contributed by atoms with Gasteiger partial charge >= 0.3 is 0 Å². The van der Waals surface area contributed by atoms with E-state index in [0.29, 0.717) is 0 Å². The number of aryl methyl sites for hydroxylation is 2. The van der Waals surface area contributed by atoms with Crippen LogP contribution in [0.1, 0.15) is 114 Å². The van der Waals surface area contributed by atoms with Crippen LogP contribution in [0.4, 0.5) is 34.1 Å². The molecule has 0 bridgehead atoms. The second kappa shape index (κ2) is 34.1. The molecule has 22 aromatic carbocycles. The number of benzene rings is 22. The van der Waals surface area contributed by atoms with Gasteiger partial charge in [-0.25, -0.2) is 0 Å².